The van der Waals surface area contributed by atoms with Gasteiger partial charge in [-0.2, -0.15) is 0 Å². The maximum absolute atomic E-state index is 11.0. The number of alkyl halides is 1. The molecule has 1 aliphatic rings. The molecule has 1 rings (SSSR count). The number of hydrogen-bond donors (Lipinski definition) is 0. The molecule has 1 saturated heterocycles. The van der Waals surface area contributed by atoms with Crippen LogP contribution in [0.15, 0.2) is 0 Å². The molecule has 4 heteroatoms. The lowest BCUT2D eigenvalue weighted by Gasteiger charge is -2.24. The third-order valence-electron chi connectivity index (χ3n) is 1.75. The fourth-order valence-corrected chi connectivity index (χ4v) is 1.10. The molecule has 0 aromatic rings. The first-order chi connectivity index (χ1) is 5.05. The molecule has 0 amide bonds. The van der Waals surface area contributed by atoms with Crippen LogP contribution in [0.4, 0.5) is 0 Å². The number of carbonyl (C=O) groups excluding carboxylic acids is 1. The molecule has 1 fully saturated rings. The minimum Gasteiger partial charge on any atom is -0.348 e. The molecule has 0 saturated carbocycles. The molecule has 1 aliphatic heterocycles. The minimum absolute atomic E-state index is 0.0180. The number of halogens is 1. The van der Waals surface area contributed by atoms with Crippen LogP contribution in [0.2, 0.25) is 0 Å². The third-order valence-corrected chi connectivity index (χ3v) is 2.69. The Morgan fingerprint density at radius 1 is 1.55 bits per heavy atom. The molecule has 1 heterocycles. The predicted octanol–water partition coefficient (Wildman–Crippen LogP) is 1.10. The second-order valence-electron chi connectivity index (χ2n) is 2.71. The van der Waals surface area contributed by atoms with Crippen LogP contribution >= 0.6 is 15.9 Å². The number of ether oxygens (including phenoxy) is 2. The first kappa shape index (κ1) is 9.16. The summed E-state index contributed by atoms with van der Waals surface area (Å²) in [5, 5.41) is 0. The van der Waals surface area contributed by atoms with E-state index in [-0.39, 0.29) is 5.78 Å². The Kier molecular flexibility index (Phi) is 2.67. The van der Waals surface area contributed by atoms with Gasteiger partial charge in [0.15, 0.2) is 12.1 Å². The van der Waals surface area contributed by atoms with E-state index in [1.807, 2.05) is 0 Å². The molecule has 0 N–H and O–H groups in total. The van der Waals surface area contributed by atoms with Gasteiger partial charge in [-0.1, -0.05) is 15.9 Å². The highest BCUT2D eigenvalue weighted by atomic mass is 79.9. The van der Waals surface area contributed by atoms with Crippen LogP contribution in [0.5, 0.6) is 0 Å². The van der Waals surface area contributed by atoms with E-state index in [0.29, 0.717) is 13.2 Å². The number of carbonyl (C=O) groups is 1. The summed E-state index contributed by atoms with van der Waals surface area (Å²) in [5.74, 6) is 0.0180. The maximum Gasteiger partial charge on any atom is 0.179 e. The van der Waals surface area contributed by atoms with Gasteiger partial charge in [-0.15, -0.1) is 0 Å². The molecular weight excluding hydrogens is 212 g/mol. The van der Waals surface area contributed by atoms with Gasteiger partial charge in [-0.3, -0.25) is 4.79 Å². The van der Waals surface area contributed by atoms with E-state index < -0.39 is 10.6 Å². The molecule has 1 atom stereocenters. The summed E-state index contributed by atoms with van der Waals surface area (Å²) in [6.45, 7) is 4.41. The van der Waals surface area contributed by atoms with E-state index in [0.717, 1.165) is 0 Å². The van der Waals surface area contributed by atoms with Crippen molar-refractivity contribution in [2.24, 2.45) is 0 Å². The van der Waals surface area contributed by atoms with E-state index in [1.165, 1.54) is 6.92 Å². The molecular formula is C7H11BrO3. The van der Waals surface area contributed by atoms with Gasteiger partial charge in [-0.25, -0.2) is 0 Å². The molecule has 1 unspecified atom stereocenters. The molecule has 0 aromatic carbocycles. The average Bonchev–Trinajstić information content (AvgIpc) is 2.37. The second kappa shape index (κ2) is 3.21. The van der Waals surface area contributed by atoms with Crippen LogP contribution in [0, 0.1) is 0 Å². The van der Waals surface area contributed by atoms with Crippen LogP contribution in [0.1, 0.15) is 13.8 Å². The summed E-state index contributed by atoms with van der Waals surface area (Å²) in [5.41, 5.74) is 0. The van der Waals surface area contributed by atoms with Crippen molar-refractivity contribution in [3.05, 3.63) is 0 Å². The largest absolute Gasteiger partial charge is 0.348 e. The predicted molar refractivity (Wildman–Crippen MR) is 43.7 cm³/mol. The zero-order valence-corrected chi connectivity index (χ0v) is 8.18. The van der Waals surface area contributed by atoms with Crippen molar-refractivity contribution < 1.29 is 14.3 Å². The van der Waals surface area contributed by atoms with Crippen molar-refractivity contribution in [3.63, 3.8) is 0 Å². The fraction of sp³-hybridized carbons (Fsp3) is 0.857. The Morgan fingerprint density at radius 3 is 2.36 bits per heavy atom. The van der Waals surface area contributed by atoms with Crippen molar-refractivity contribution in [2.45, 2.75) is 24.5 Å². The summed E-state index contributed by atoms with van der Waals surface area (Å²) in [7, 11) is 0. The zero-order valence-electron chi connectivity index (χ0n) is 6.59. The SMILES string of the molecule is CC(=O)C(C)(Br)C1OCCO1. The minimum atomic E-state index is -0.691. The Hall–Kier alpha value is 0.0700. The first-order valence-corrected chi connectivity index (χ1v) is 4.27. The number of ketones is 1. The van der Waals surface area contributed by atoms with Gasteiger partial charge in [0.05, 0.1) is 13.2 Å². The van der Waals surface area contributed by atoms with Gasteiger partial charge in [0.1, 0.15) is 4.32 Å². The van der Waals surface area contributed by atoms with Crippen molar-refractivity contribution in [1.82, 2.24) is 0 Å². The Bertz CT molecular complexity index is 161. The van der Waals surface area contributed by atoms with E-state index >= 15 is 0 Å². The summed E-state index contributed by atoms with van der Waals surface area (Å²) >= 11 is 3.27. The molecule has 0 radical (unpaired) electrons. The molecule has 0 bridgehead atoms. The van der Waals surface area contributed by atoms with Crippen molar-refractivity contribution in [2.75, 3.05) is 13.2 Å². The summed E-state index contributed by atoms with van der Waals surface area (Å²) in [4.78, 5) is 11.0. The second-order valence-corrected chi connectivity index (χ2v) is 4.35. The smallest absolute Gasteiger partial charge is 0.179 e. The maximum atomic E-state index is 11.0. The Labute approximate surface area is 74.2 Å². The molecule has 0 aromatic heterocycles. The van der Waals surface area contributed by atoms with Gasteiger partial charge in [-0.05, 0) is 13.8 Å². The normalized spacial score (nSPS) is 25.0. The molecule has 11 heavy (non-hydrogen) atoms. The summed E-state index contributed by atoms with van der Waals surface area (Å²) in [6, 6.07) is 0. The van der Waals surface area contributed by atoms with Gasteiger partial charge < -0.3 is 9.47 Å². The molecule has 0 aliphatic carbocycles. The van der Waals surface area contributed by atoms with Crippen LogP contribution < -0.4 is 0 Å². The average molecular weight is 223 g/mol. The number of Topliss-reactive ketones (excluding diaryl/α,β-unsaturated/α-hetero) is 1. The molecule has 3 nitrogen and oxygen atoms in total. The van der Waals surface area contributed by atoms with Crippen molar-refractivity contribution >= 4 is 21.7 Å². The fourth-order valence-electron chi connectivity index (χ4n) is 0.837. The zero-order chi connectivity index (χ0) is 8.48. The lowest BCUT2D eigenvalue weighted by atomic mass is 10.1. The van der Waals surface area contributed by atoms with Gasteiger partial charge in [0.2, 0.25) is 0 Å². The summed E-state index contributed by atoms with van der Waals surface area (Å²) in [6.07, 6.45) is -0.431. The van der Waals surface area contributed by atoms with Crippen LogP contribution in [-0.2, 0) is 14.3 Å². The van der Waals surface area contributed by atoms with E-state index in [1.54, 1.807) is 6.92 Å². The number of rotatable bonds is 2. The molecule has 0 spiro atoms. The number of hydrogen-bond acceptors (Lipinski definition) is 3. The van der Waals surface area contributed by atoms with Crippen molar-refractivity contribution in [1.29, 1.82) is 0 Å². The van der Waals surface area contributed by atoms with Crippen LogP contribution in [0.25, 0.3) is 0 Å². The monoisotopic (exact) mass is 222 g/mol. The van der Waals surface area contributed by atoms with E-state index in [9.17, 15) is 4.79 Å². The van der Waals surface area contributed by atoms with Crippen LogP contribution in [-0.4, -0.2) is 29.6 Å². The highest BCUT2D eigenvalue weighted by Crippen LogP contribution is 2.28. The lowest BCUT2D eigenvalue weighted by molar-refractivity contribution is -0.130. The topological polar surface area (TPSA) is 35.5 Å². The van der Waals surface area contributed by atoms with Crippen LogP contribution in [0.3, 0.4) is 0 Å². The summed E-state index contributed by atoms with van der Waals surface area (Å²) < 4.78 is 9.69. The Balaban J connectivity index is 2.62. The van der Waals surface area contributed by atoms with E-state index in [2.05, 4.69) is 15.9 Å². The van der Waals surface area contributed by atoms with E-state index in [4.69, 9.17) is 9.47 Å². The molecule has 64 valence electrons. The highest BCUT2D eigenvalue weighted by Gasteiger charge is 2.40. The third kappa shape index (κ3) is 1.80. The van der Waals surface area contributed by atoms with Crippen molar-refractivity contribution in [3.8, 4) is 0 Å². The lowest BCUT2D eigenvalue weighted by Crippen LogP contribution is -2.40. The standard InChI is InChI=1S/C7H11BrO3/c1-5(9)7(2,8)6-10-3-4-11-6/h6H,3-4H2,1-2H3. The first-order valence-electron chi connectivity index (χ1n) is 3.48. The highest BCUT2D eigenvalue weighted by molar-refractivity contribution is 9.10. The van der Waals surface area contributed by atoms with Gasteiger partial charge in [0.25, 0.3) is 0 Å². The van der Waals surface area contributed by atoms with Gasteiger partial charge in [0, 0.05) is 0 Å². The van der Waals surface area contributed by atoms with Gasteiger partial charge >= 0.3 is 0 Å². The Morgan fingerprint density at radius 2 is 2.00 bits per heavy atom. The quantitative estimate of drug-likeness (QED) is 0.657.